The summed E-state index contributed by atoms with van der Waals surface area (Å²) in [6.07, 6.45) is 2.71. The molecule has 2 N–H and O–H groups in total. The number of carboxylic acids is 1. The number of thiophene rings is 1. The van der Waals surface area contributed by atoms with Crippen LogP contribution in [0.2, 0.25) is 0 Å². The molecule has 1 aromatic heterocycles. The molecule has 0 bridgehead atoms. The van der Waals surface area contributed by atoms with Gasteiger partial charge in [-0.1, -0.05) is 6.92 Å². The van der Waals surface area contributed by atoms with E-state index in [4.69, 9.17) is 0 Å². The van der Waals surface area contributed by atoms with Crippen LogP contribution >= 0.6 is 11.3 Å². The summed E-state index contributed by atoms with van der Waals surface area (Å²) < 4.78 is 0. The average Bonchev–Trinajstić information content (AvgIpc) is 2.64. The Labute approximate surface area is 122 Å². The van der Waals surface area contributed by atoms with E-state index in [1.54, 1.807) is 19.0 Å². The Balaban J connectivity index is 2.28. The van der Waals surface area contributed by atoms with Gasteiger partial charge in [-0.3, -0.25) is 4.79 Å². The SMILES string of the molecule is CC1CCc2c(sc(NC(=O)CN(C)C)c2C(=O)O)C1. The number of hydrogen-bond donors (Lipinski definition) is 2. The van der Waals surface area contributed by atoms with E-state index in [0.717, 1.165) is 29.7 Å². The highest BCUT2D eigenvalue weighted by Crippen LogP contribution is 2.39. The van der Waals surface area contributed by atoms with Gasteiger partial charge in [0.1, 0.15) is 5.00 Å². The standard InChI is InChI=1S/C14H20N2O3S/c1-8-4-5-9-10(6-8)20-13(12(9)14(18)19)15-11(17)7-16(2)3/h8H,4-7H2,1-3H3,(H,15,17)(H,18,19). The maximum Gasteiger partial charge on any atom is 0.339 e. The normalized spacial score (nSPS) is 17.9. The van der Waals surface area contributed by atoms with Gasteiger partial charge in [0, 0.05) is 4.88 Å². The quantitative estimate of drug-likeness (QED) is 0.892. The number of carbonyl (C=O) groups excluding carboxylic acids is 1. The van der Waals surface area contributed by atoms with Gasteiger partial charge in [-0.05, 0) is 44.8 Å². The Morgan fingerprint density at radius 1 is 1.45 bits per heavy atom. The second kappa shape index (κ2) is 5.93. The lowest BCUT2D eigenvalue weighted by molar-refractivity contribution is -0.116. The number of amides is 1. The second-order valence-corrected chi connectivity index (χ2v) is 6.75. The lowest BCUT2D eigenvalue weighted by atomic mass is 9.88. The van der Waals surface area contributed by atoms with E-state index in [9.17, 15) is 14.7 Å². The highest BCUT2D eigenvalue weighted by atomic mass is 32.1. The Kier molecular flexibility index (Phi) is 4.45. The highest BCUT2D eigenvalue weighted by molar-refractivity contribution is 7.17. The predicted octanol–water partition coefficient (Wildman–Crippen LogP) is 2.07. The fourth-order valence-corrected chi connectivity index (χ4v) is 3.94. The Morgan fingerprint density at radius 2 is 2.15 bits per heavy atom. The number of carbonyl (C=O) groups is 2. The molecule has 1 heterocycles. The molecule has 0 saturated heterocycles. The minimum Gasteiger partial charge on any atom is -0.478 e. The minimum atomic E-state index is -0.947. The van der Waals surface area contributed by atoms with Crippen molar-refractivity contribution in [2.45, 2.75) is 26.2 Å². The van der Waals surface area contributed by atoms with Gasteiger partial charge in [0.25, 0.3) is 0 Å². The van der Waals surface area contributed by atoms with Crippen LogP contribution in [0.15, 0.2) is 0 Å². The van der Waals surface area contributed by atoms with E-state index in [-0.39, 0.29) is 12.5 Å². The zero-order valence-corrected chi connectivity index (χ0v) is 12.8. The molecule has 0 radical (unpaired) electrons. The first kappa shape index (κ1) is 15.0. The molecule has 2 rings (SSSR count). The third-order valence-corrected chi connectivity index (χ3v) is 4.61. The van der Waals surface area contributed by atoms with Gasteiger partial charge in [0.15, 0.2) is 0 Å². The maximum absolute atomic E-state index is 11.8. The van der Waals surface area contributed by atoms with Crippen molar-refractivity contribution in [3.63, 3.8) is 0 Å². The Morgan fingerprint density at radius 3 is 2.75 bits per heavy atom. The first-order valence-corrected chi connectivity index (χ1v) is 7.52. The van der Waals surface area contributed by atoms with Gasteiger partial charge in [0.2, 0.25) is 5.91 Å². The van der Waals surface area contributed by atoms with E-state index < -0.39 is 5.97 Å². The topological polar surface area (TPSA) is 69.6 Å². The number of likely N-dealkylation sites (N-methyl/N-ethyl adjacent to an activating group) is 1. The summed E-state index contributed by atoms with van der Waals surface area (Å²) in [5.41, 5.74) is 1.21. The zero-order chi connectivity index (χ0) is 14.9. The molecule has 6 heteroatoms. The van der Waals surface area contributed by atoms with Crippen LogP contribution in [0.25, 0.3) is 0 Å². The molecule has 1 aliphatic carbocycles. The summed E-state index contributed by atoms with van der Waals surface area (Å²) in [6, 6.07) is 0. The van der Waals surface area contributed by atoms with Crippen molar-refractivity contribution in [2.24, 2.45) is 5.92 Å². The van der Waals surface area contributed by atoms with Crippen LogP contribution in [0.5, 0.6) is 0 Å². The Bertz CT molecular complexity index is 537. The predicted molar refractivity (Wildman–Crippen MR) is 79.7 cm³/mol. The fraction of sp³-hybridized carbons (Fsp3) is 0.571. The number of nitrogens with zero attached hydrogens (tertiary/aromatic N) is 1. The zero-order valence-electron chi connectivity index (χ0n) is 12.0. The summed E-state index contributed by atoms with van der Waals surface area (Å²) in [5, 5.41) is 12.7. The molecule has 0 aliphatic heterocycles. The van der Waals surface area contributed by atoms with Crippen LogP contribution in [0.1, 0.15) is 34.1 Å². The molecule has 0 spiro atoms. The molecule has 1 aliphatic rings. The molecular weight excluding hydrogens is 276 g/mol. The summed E-state index contributed by atoms with van der Waals surface area (Å²) in [7, 11) is 3.61. The molecule has 110 valence electrons. The number of rotatable bonds is 4. The molecule has 20 heavy (non-hydrogen) atoms. The van der Waals surface area contributed by atoms with Crippen LogP contribution < -0.4 is 5.32 Å². The van der Waals surface area contributed by atoms with Crippen LogP contribution in [-0.4, -0.2) is 42.5 Å². The minimum absolute atomic E-state index is 0.177. The largest absolute Gasteiger partial charge is 0.478 e. The van der Waals surface area contributed by atoms with E-state index in [1.807, 2.05) is 0 Å². The van der Waals surface area contributed by atoms with E-state index in [1.165, 1.54) is 11.3 Å². The lowest BCUT2D eigenvalue weighted by Gasteiger charge is -2.17. The van der Waals surface area contributed by atoms with Gasteiger partial charge < -0.3 is 15.3 Å². The molecule has 1 aromatic rings. The second-order valence-electron chi connectivity index (χ2n) is 5.65. The molecular formula is C14H20N2O3S. The van der Waals surface area contributed by atoms with E-state index in [0.29, 0.717) is 16.5 Å². The fourth-order valence-electron chi connectivity index (χ4n) is 2.52. The third-order valence-electron chi connectivity index (χ3n) is 3.44. The smallest absolute Gasteiger partial charge is 0.339 e. The van der Waals surface area contributed by atoms with Crippen LogP contribution in [0, 0.1) is 5.92 Å². The van der Waals surface area contributed by atoms with Crippen molar-refractivity contribution >= 4 is 28.2 Å². The first-order valence-electron chi connectivity index (χ1n) is 6.71. The van der Waals surface area contributed by atoms with Gasteiger partial charge in [-0.25, -0.2) is 4.79 Å². The van der Waals surface area contributed by atoms with E-state index >= 15 is 0 Å². The molecule has 1 amide bonds. The molecule has 1 atom stereocenters. The van der Waals surface area contributed by atoms with Gasteiger partial charge in [-0.15, -0.1) is 11.3 Å². The number of aromatic carboxylic acids is 1. The third kappa shape index (κ3) is 3.19. The van der Waals surface area contributed by atoms with Crippen molar-refractivity contribution in [2.75, 3.05) is 26.0 Å². The number of nitrogens with one attached hydrogen (secondary N) is 1. The lowest BCUT2D eigenvalue weighted by Crippen LogP contribution is -2.27. The van der Waals surface area contributed by atoms with Crippen molar-refractivity contribution in [1.82, 2.24) is 4.90 Å². The van der Waals surface area contributed by atoms with E-state index in [2.05, 4.69) is 12.2 Å². The van der Waals surface area contributed by atoms with Crippen molar-refractivity contribution < 1.29 is 14.7 Å². The summed E-state index contributed by atoms with van der Waals surface area (Å²) >= 11 is 1.42. The molecule has 5 nitrogen and oxygen atoms in total. The van der Waals surface area contributed by atoms with Crippen LogP contribution in [0.4, 0.5) is 5.00 Å². The van der Waals surface area contributed by atoms with Crippen molar-refractivity contribution in [3.05, 3.63) is 16.0 Å². The molecule has 0 saturated carbocycles. The summed E-state index contributed by atoms with van der Waals surface area (Å²) in [4.78, 5) is 26.2. The van der Waals surface area contributed by atoms with Crippen LogP contribution in [0.3, 0.4) is 0 Å². The van der Waals surface area contributed by atoms with Gasteiger partial charge in [-0.2, -0.15) is 0 Å². The first-order chi connectivity index (χ1) is 9.38. The molecule has 1 unspecified atom stereocenters. The van der Waals surface area contributed by atoms with Crippen molar-refractivity contribution in [1.29, 1.82) is 0 Å². The number of fused-ring (bicyclic) bond motifs is 1. The van der Waals surface area contributed by atoms with Crippen LogP contribution in [-0.2, 0) is 17.6 Å². The van der Waals surface area contributed by atoms with Gasteiger partial charge in [0.05, 0.1) is 12.1 Å². The highest BCUT2D eigenvalue weighted by Gasteiger charge is 2.28. The average molecular weight is 296 g/mol. The molecule has 0 aromatic carbocycles. The Hall–Kier alpha value is -1.40. The maximum atomic E-state index is 11.8. The summed E-state index contributed by atoms with van der Waals surface area (Å²) in [5.74, 6) is -0.547. The summed E-state index contributed by atoms with van der Waals surface area (Å²) in [6.45, 7) is 2.42. The number of anilines is 1. The van der Waals surface area contributed by atoms with Gasteiger partial charge >= 0.3 is 5.97 Å². The monoisotopic (exact) mass is 296 g/mol. The molecule has 0 fully saturated rings. The number of carboxylic acid groups (broad SMARTS) is 1. The van der Waals surface area contributed by atoms with Crippen molar-refractivity contribution in [3.8, 4) is 0 Å². The number of hydrogen-bond acceptors (Lipinski definition) is 4.